The number of carbonyl (C=O) groups excluding carboxylic acids is 1. The molecule has 2 rings (SSSR count). The van der Waals surface area contributed by atoms with Gasteiger partial charge in [0.05, 0.1) is 0 Å². The Morgan fingerprint density at radius 1 is 1.38 bits per heavy atom. The van der Waals surface area contributed by atoms with E-state index in [1.807, 2.05) is 17.0 Å². The molecule has 1 aromatic rings. The van der Waals surface area contributed by atoms with E-state index in [0.717, 1.165) is 32.5 Å². The summed E-state index contributed by atoms with van der Waals surface area (Å²) in [7, 11) is 0. The molecule has 1 N–H and O–H groups in total. The second kappa shape index (κ2) is 8.78. The molecule has 1 atom stereocenters. The highest BCUT2D eigenvalue weighted by molar-refractivity contribution is 5.76. The third-order valence-electron chi connectivity index (χ3n) is 4.08. The lowest BCUT2D eigenvalue weighted by Crippen LogP contribution is -2.46. The average Bonchev–Trinajstić information content (AvgIpc) is 2.54. The molecule has 1 aromatic heterocycles. The summed E-state index contributed by atoms with van der Waals surface area (Å²) in [5, 5.41) is 3.53. The van der Waals surface area contributed by atoms with Gasteiger partial charge in [-0.05, 0) is 49.9 Å². The Kier molecular flexibility index (Phi) is 6.67. The average molecular weight is 289 g/mol. The number of hydrogen-bond donors (Lipinski definition) is 1. The van der Waals surface area contributed by atoms with Gasteiger partial charge in [-0.3, -0.25) is 9.78 Å². The standard InChI is InChI=1S/C17H27N3O/c1-2-13-20(14-16-5-3-4-10-19-16)17(21)7-6-15-8-11-18-12-9-15/h8-9,11-12,16,19H,2-7,10,13-14H2,1H3. The van der Waals surface area contributed by atoms with Crippen LogP contribution >= 0.6 is 0 Å². The molecular weight excluding hydrogens is 262 g/mol. The van der Waals surface area contributed by atoms with Gasteiger partial charge in [0.25, 0.3) is 0 Å². The normalized spacial score (nSPS) is 18.4. The molecule has 2 heterocycles. The molecule has 0 spiro atoms. The molecule has 1 aliphatic rings. The van der Waals surface area contributed by atoms with Crippen LogP contribution in [0.2, 0.25) is 0 Å². The molecule has 1 unspecified atom stereocenters. The summed E-state index contributed by atoms with van der Waals surface area (Å²) in [5.41, 5.74) is 1.19. The Morgan fingerprint density at radius 2 is 2.19 bits per heavy atom. The fraction of sp³-hybridized carbons (Fsp3) is 0.647. The fourth-order valence-corrected chi connectivity index (χ4v) is 2.89. The van der Waals surface area contributed by atoms with Crippen molar-refractivity contribution in [3.05, 3.63) is 30.1 Å². The summed E-state index contributed by atoms with van der Waals surface area (Å²) in [6.07, 6.45) is 9.73. The SMILES string of the molecule is CCCN(CC1CCCCN1)C(=O)CCc1ccncc1. The maximum Gasteiger partial charge on any atom is 0.222 e. The molecule has 0 aliphatic carbocycles. The fourth-order valence-electron chi connectivity index (χ4n) is 2.89. The molecule has 0 bridgehead atoms. The minimum atomic E-state index is 0.279. The van der Waals surface area contributed by atoms with E-state index in [0.29, 0.717) is 12.5 Å². The lowest BCUT2D eigenvalue weighted by molar-refractivity contribution is -0.131. The number of hydrogen-bond acceptors (Lipinski definition) is 3. The van der Waals surface area contributed by atoms with Crippen molar-refractivity contribution in [2.75, 3.05) is 19.6 Å². The van der Waals surface area contributed by atoms with Crippen LogP contribution in [0.3, 0.4) is 0 Å². The summed E-state index contributed by atoms with van der Waals surface area (Å²) in [6.45, 7) is 4.96. The maximum absolute atomic E-state index is 12.5. The summed E-state index contributed by atoms with van der Waals surface area (Å²) < 4.78 is 0. The molecule has 1 aliphatic heterocycles. The Morgan fingerprint density at radius 3 is 2.86 bits per heavy atom. The first kappa shape index (κ1) is 16.0. The van der Waals surface area contributed by atoms with Crippen molar-refractivity contribution in [2.45, 2.75) is 51.5 Å². The highest BCUT2D eigenvalue weighted by Gasteiger charge is 2.19. The first-order valence-corrected chi connectivity index (χ1v) is 8.19. The Hall–Kier alpha value is -1.42. The highest BCUT2D eigenvalue weighted by atomic mass is 16.2. The first-order chi connectivity index (χ1) is 10.3. The minimum absolute atomic E-state index is 0.279. The first-order valence-electron chi connectivity index (χ1n) is 8.19. The van der Waals surface area contributed by atoms with Crippen molar-refractivity contribution >= 4 is 5.91 Å². The predicted octanol–water partition coefficient (Wildman–Crippen LogP) is 2.39. The lowest BCUT2D eigenvalue weighted by atomic mass is 10.0. The van der Waals surface area contributed by atoms with Crippen LogP contribution < -0.4 is 5.32 Å². The number of rotatable bonds is 7. The van der Waals surface area contributed by atoms with E-state index in [9.17, 15) is 4.79 Å². The van der Waals surface area contributed by atoms with Gasteiger partial charge in [-0.2, -0.15) is 0 Å². The highest BCUT2D eigenvalue weighted by Crippen LogP contribution is 2.11. The van der Waals surface area contributed by atoms with Gasteiger partial charge in [0.2, 0.25) is 5.91 Å². The third-order valence-corrected chi connectivity index (χ3v) is 4.08. The van der Waals surface area contributed by atoms with Gasteiger partial charge in [0, 0.05) is 37.9 Å². The van der Waals surface area contributed by atoms with Gasteiger partial charge in [-0.15, -0.1) is 0 Å². The molecule has 21 heavy (non-hydrogen) atoms. The van der Waals surface area contributed by atoms with Crippen LogP contribution in [-0.4, -0.2) is 41.5 Å². The van der Waals surface area contributed by atoms with Crippen molar-refractivity contribution < 1.29 is 4.79 Å². The van der Waals surface area contributed by atoms with Gasteiger partial charge in [0.1, 0.15) is 0 Å². The number of nitrogens with zero attached hydrogens (tertiary/aromatic N) is 2. The smallest absolute Gasteiger partial charge is 0.222 e. The Bertz CT molecular complexity index is 415. The van der Waals surface area contributed by atoms with Crippen LogP contribution in [0.4, 0.5) is 0 Å². The number of amides is 1. The van der Waals surface area contributed by atoms with Crippen molar-refractivity contribution in [1.29, 1.82) is 0 Å². The van der Waals surface area contributed by atoms with Crippen LogP contribution in [-0.2, 0) is 11.2 Å². The second-order valence-electron chi connectivity index (χ2n) is 5.84. The van der Waals surface area contributed by atoms with E-state index >= 15 is 0 Å². The number of carbonyl (C=O) groups is 1. The van der Waals surface area contributed by atoms with Crippen LogP contribution in [0.25, 0.3) is 0 Å². The van der Waals surface area contributed by atoms with E-state index in [-0.39, 0.29) is 5.91 Å². The Labute approximate surface area is 127 Å². The Balaban J connectivity index is 1.82. The van der Waals surface area contributed by atoms with Gasteiger partial charge in [-0.25, -0.2) is 0 Å². The third kappa shape index (κ3) is 5.46. The van der Waals surface area contributed by atoms with Crippen molar-refractivity contribution in [3.63, 3.8) is 0 Å². The molecule has 4 nitrogen and oxygen atoms in total. The lowest BCUT2D eigenvalue weighted by Gasteiger charge is -2.30. The summed E-state index contributed by atoms with van der Waals surface area (Å²) in [4.78, 5) is 18.5. The number of aryl methyl sites for hydroxylation is 1. The van der Waals surface area contributed by atoms with Gasteiger partial charge in [0.15, 0.2) is 0 Å². The molecule has 4 heteroatoms. The zero-order valence-electron chi connectivity index (χ0n) is 13.1. The number of aromatic nitrogens is 1. The number of piperidine rings is 1. The summed E-state index contributed by atoms with van der Waals surface area (Å²) in [6, 6.07) is 4.45. The maximum atomic E-state index is 12.5. The van der Waals surface area contributed by atoms with E-state index in [4.69, 9.17) is 0 Å². The van der Waals surface area contributed by atoms with E-state index < -0.39 is 0 Å². The second-order valence-corrected chi connectivity index (χ2v) is 5.84. The molecular formula is C17H27N3O. The van der Waals surface area contributed by atoms with E-state index in [1.54, 1.807) is 12.4 Å². The monoisotopic (exact) mass is 289 g/mol. The van der Waals surface area contributed by atoms with E-state index in [1.165, 1.54) is 24.8 Å². The molecule has 116 valence electrons. The van der Waals surface area contributed by atoms with Gasteiger partial charge in [-0.1, -0.05) is 13.3 Å². The molecule has 0 saturated carbocycles. The molecule has 0 aromatic carbocycles. The zero-order chi connectivity index (χ0) is 14.9. The van der Waals surface area contributed by atoms with Gasteiger partial charge >= 0.3 is 0 Å². The predicted molar refractivity (Wildman–Crippen MR) is 85.1 cm³/mol. The quantitative estimate of drug-likeness (QED) is 0.838. The molecule has 1 fully saturated rings. The van der Waals surface area contributed by atoms with Crippen LogP contribution in [0.5, 0.6) is 0 Å². The number of pyridine rings is 1. The minimum Gasteiger partial charge on any atom is -0.341 e. The number of nitrogens with one attached hydrogen (secondary N) is 1. The topological polar surface area (TPSA) is 45.2 Å². The largest absolute Gasteiger partial charge is 0.341 e. The van der Waals surface area contributed by atoms with Crippen molar-refractivity contribution in [2.24, 2.45) is 0 Å². The molecule has 1 amide bonds. The van der Waals surface area contributed by atoms with Crippen LogP contribution in [0.1, 0.15) is 44.6 Å². The van der Waals surface area contributed by atoms with Crippen molar-refractivity contribution in [1.82, 2.24) is 15.2 Å². The van der Waals surface area contributed by atoms with Crippen LogP contribution in [0.15, 0.2) is 24.5 Å². The van der Waals surface area contributed by atoms with Crippen LogP contribution in [0, 0.1) is 0 Å². The molecule has 0 radical (unpaired) electrons. The van der Waals surface area contributed by atoms with Crippen molar-refractivity contribution in [3.8, 4) is 0 Å². The summed E-state index contributed by atoms with van der Waals surface area (Å²) in [5.74, 6) is 0.279. The zero-order valence-corrected chi connectivity index (χ0v) is 13.1. The van der Waals surface area contributed by atoms with Gasteiger partial charge < -0.3 is 10.2 Å². The summed E-state index contributed by atoms with van der Waals surface area (Å²) >= 11 is 0. The van der Waals surface area contributed by atoms with E-state index in [2.05, 4.69) is 17.2 Å². The molecule has 1 saturated heterocycles.